The molecular formula is C23H23Cl2FN4O3S. The Labute approximate surface area is 206 Å². The standard InChI is InChI=1S/C23H23Cl2FN4O3S/c1-14-11-15(2)30(28-14)9-3-4-10-33-16-5-8-21(19(26)12-16)34(31,32)29-20-7-6-17(24)22-18(25)13-27-23(20)22/h5-8,11-13,27,29H,3-4,9-10H2,1-2H3. The van der Waals surface area contributed by atoms with Crippen LogP contribution < -0.4 is 9.46 Å². The van der Waals surface area contributed by atoms with Crippen molar-refractivity contribution in [1.82, 2.24) is 14.8 Å². The maximum atomic E-state index is 14.7. The van der Waals surface area contributed by atoms with Crippen LogP contribution in [0, 0.1) is 19.7 Å². The first kappa shape index (κ1) is 24.4. The molecule has 0 saturated heterocycles. The monoisotopic (exact) mass is 524 g/mol. The molecular weight excluding hydrogens is 502 g/mol. The molecule has 4 aromatic rings. The van der Waals surface area contributed by atoms with Gasteiger partial charge >= 0.3 is 0 Å². The molecule has 0 spiro atoms. The van der Waals surface area contributed by atoms with E-state index in [0.717, 1.165) is 36.8 Å². The smallest absolute Gasteiger partial charge is 0.264 e. The van der Waals surface area contributed by atoms with Gasteiger partial charge in [0.25, 0.3) is 10.0 Å². The Morgan fingerprint density at radius 2 is 1.91 bits per heavy atom. The van der Waals surface area contributed by atoms with Crippen molar-refractivity contribution in [2.75, 3.05) is 11.3 Å². The van der Waals surface area contributed by atoms with E-state index in [9.17, 15) is 12.8 Å². The summed E-state index contributed by atoms with van der Waals surface area (Å²) in [4.78, 5) is 2.39. The number of halogens is 3. The Hall–Kier alpha value is -2.75. The number of anilines is 1. The third kappa shape index (κ3) is 5.16. The van der Waals surface area contributed by atoms with Crippen LogP contribution in [-0.2, 0) is 16.6 Å². The number of nitrogens with zero attached hydrogens (tertiary/aromatic N) is 2. The first-order valence-electron chi connectivity index (χ1n) is 10.6. The summed E-state index contributed by atoms with van der Waals surface area (Å²) >= 11 is 12.3. The summed E-state index contributed by atoms with van der Waals surface area (Å²) in [7, 11) is -4.21. The summed E-state index contributed by atoms with van der Waals surface area (Å²) in [5.74, 6) is -0.657. The summed E-state index contributed by atoms with van der Waals surface area (Å²) in [5.41, 5.74) is 2.69. The highest BCUT2D eigenvalue weighted by Crippen LogP contribution is 2.35. The van der Waals surface area contributed by atoms with Gasteiger partial charge in [0, 0.05) is 29.9 Å². The van der Waals surface area contributed by atoms with Gasteiger partial charge in [0.1, 0.15) is 16.5 Å². The molecule has 180 valence electrons. The lowest BCUT2D eigenvalue weighted by molar-refractivity contribution is 0.299. The lowest BCUT2D eigenvalue weighted by Gasteiger charge is -2.12. The molecule has 0 aliphatic rings. The van der Waals surface area contributed by atoms with Crippen LogP contribution in [0.2, 0.25) is 10.0 Å². The van der Waals surface area contributed by atoms with Gasteiger partial charge in [-0.25, -0.2) is 12.8 Å². The van der Waals surface area contributed by atoms with Crippen molar-refractivity contribution < 1.29 is 17.5 Å². The highest BCUT2D eigenvalue weighted by molar-refractivity contribution is 7.92. The van der Waals surface area contributed by atoms with Crippen LogP contribution in [0.15, 0.2) is 47.5 Å². The number of H-pyrrole nitrogens is 1. The summed E-state index contributed by atoms with van der Waals surface area (Å²) in [6.45, 7) is 5.10. The fourth-order valence-electron chi connectivity index (χ4n) is 3.70. The Kier molecular flexibility index (Phi) is 7.06. The largest absolute Gasteiger partial charge is 0.493 e. The second-order valence-corrected chi connectivity index (χ2v) is 10.4. The minimum absolute atomic E-state index is 0.202. The molecule has 0 fully saturated rings. The fraction of sp³-hybridized carbons (Fsp3) is 0.261. The van der Waals surface area contributed by atoms with Crippen LogP contribution >= 0.6 is 23.2 Å². The van der Waals surface area contributed by atoms with E-state index >= 15 is 0 Å². The molecule has 0 atom stereocenters. The van der Waals surface area contributed by atoms with Crippen LogP contribution in [-0.4, -0.2) is 29.8 Å². The molecule has 0 unspecified atom stereocenters. The molecule has 0 saturated carbocycles. The van der Waals surface area contributed by atoms with Crippen molar-refractivity contribution in [3.05, 3.63) is 69.8 Å². The van der Waals surface area contributed by atoms with E-state index in [4.69, 9.17) is 27.9 Å². The number of benzene rings is 2. The number of aromatic amines is 1. The summed E-state index contributed by atoms with van der Waals surface area (Å²) < 4.78 is 50.4. The minimum atomic E-state index is -4.21. The zero-order valence-corrected chi connectivity index (χ0v) is 20.9. The molecule has 0 amide bonds. The average molecular weight is 525 g/mol. The minimum Gasteiger partial charge on any atom is -0.493 e. The average Bonchev–Trinajstić information content (AvgIpc) is 3.31. The molecule has 11 heteroatoms. The lowest BCUT2D eigenvalue weighted by atomic mass is 10.2. The van der Waals surface area contributed by atoms with Gasteiger partial charge in [0.2, 0.25) is 0 Å². The number of unbranched alkanes of at least 4 members (excludes halogenated alkanes) is 1. The summed E-state index contributed by atoms with van der Waals surface area (Å²) in [6.07, 6.45) is 3.09. The first-order chi connectivity index (χ1) is 16.2. The highest BCUT2D eigenvalue weighted by Gasteiger charge is 2.22. The van der Waals surface area contributed by atoms with Crippen molar-refractivity contribution in [3.63, 3.8) is 0 Å². The predicted molar refractivity (Wildman–Crippen MR) is 132 cm³/mol. The number of hydrogen-bond donors (Lipinski definition) is 2. The van der Waals surface area contributed by atoms with Gasteiger partial charge < -0.3 is 9.72 Å². The highest BCUT2D eigenvalue weighted by atomic mass is 35.5. The second kappa shape index (κ2) is 9.85. The Balaban J connectivity index is 1.39. The molecule has 34 heavy (non-hydrogen) atoms. The number of fused-ring (bicyclic) bond motifs is 1. The quantitative estimate of drug-likeness (QED) is 0.259. The van der Waals surface area contributed by atoms with E-state index in [1.54, 1.807) is 0 Å². The van der Waals surface area contributed by atoms with Crippen molar-refractivity contribution in [2.45, 2.75) is 38.1 Å². The van der Waals surface area contributed by atoms with Gasteiger partial charge in [-0.1, -0.05) is 23.2 Å². The SMILES string of the molecule is Cc1cc(C)n(CCCCOc2ccc(S(=O)(=O)Nc3ccc(Cl)c4c(Cl)c[nH]c34)c(F)c2)n1. The van der Waals surface area contributed by atoms with Crippen molar-refractivity contribution in [3.8, 4) is 5.75 Å². The zero-order valence-electron chi connectivity index (χ0n) is 18.5. The van der Waals surface area contributed by atoms with E-state index in [1.165, 1.54) is 30.5 Å². The van der Waals surface area contributed by atoms with E-state index in [2.05, 4.69) is 14.8 Å². The Morgan fingerprint density at radius 3 is 2.62 bits per heavy atom. The number of nitrogens with one attached hydrogen (secondary N) is 2. The fourth-order valence-corrected chi connectivity index (χ4v) is 5.39. The maximum absolute atomic E-state index is 14.7. The Bertz CT molecular complexity index is 1450. The van der Waals surface area contributed by atoms with Gasteiger partial charge in [-0.15, -0.1) is 0 Å². The molecule has 2 aromatic heterocycles. The van der Waals surface area contributed by atoms with E-state index in [0.29, 0.717) is 27.6 Å². The number of ether oxygens (including phenoxy) is 1. The number of aromatic nitrogens is 3. The van der Waals surface area contributed by atoms with Gasteiger partial charge in [0.15, 0.2) is 0 Å². The molecule has 0 aliphatic heterocycles. The molecule has 2 aromatic carbocycles. The molecule has 0 aliphatic carbocycles. The van der Waals surface area contributed by atoms with Crippen molar-refractivity contribution in [2.24, 2.45) is 0 Å². The molecule has 4 rings (SSSR count). The number of rotatable bonds is 9. The predicted octanol–water partition coefficient (Wildman–Crippen LogP) is 6.09. The van der Waals surface area contributed by atoms with Gasteiger partial charge in [-0.2, -0.15) is 5.10 Å². The third-order valence-electron chi connectivity index (χ3n) is 5.31. The zero-order chi connectivity index (χ0) is 24.5. The van der Waals surface area contributed by atoms with Crippen LogP contribution in [0.4, 0.5) is 10.1 Å². The number of sulfonamides is 1. The van der Waals surface area contributed by atoms with Crippen molar-refractivity contribution >= 4 is 49.8 Å². The summed E-state index contributed by atoms with van der Waals surface area (Å²) in [5, 5.41) is 5.61. The normalized spacial score (nSPS) is 11.8. The lowest BCUT2D eigenvalue weighted by Crippen LogP contribution is -2.15. The molecule has 7 nitrogen and oxygen atoms in total. The second-order valence-electron chi connectivity index (χ2n) is 7.89. The first-order valence-corrected chi connectivity index (χ1v) is 12.8. The van der Waals surface area contributed by atoms with E-state index in [1.807, 2.05) is 24.6 Å². The van der Waals surface area contributed by atoms with Crippen molar-refractivity contribution in [1.29, 1.82) is 0 Å². The van der Waals surface area contributed by atoms with Crippen LogP contribution in [0.25, 0.3) is 10.9 Å². The molecule has 0 bridgehead atoms. The Morgan fingerprint density at radius 1 is 1.12 bits per heavy atom. The maximum Gasteiger partial charge on any atom is 0.264 e. The van der Waals surface area contributed by atoms with Gasteiger partial charge in [-0.3, -0.25) is 9.40 Å². The topological polar surface area (TPSA) is 89.0 Å². The summed E-state index contributed by atoms with van der Waals surface area (Å²) in [6, 6.07) is 8.70. The van der Waals surface area contributed by atoms with E-state index in [-0.39, 0.29) is 11.4 Å². The molecule has 2 heterocycles. The number of hydrogen-bond acceptors (Lipinski definition) is 4. The van der Waals surface area contributed by atoms with Crippen LogP contribution in [0.3, 0.4) is 0 Å². The molecule has 2 N–H and O–H groups in total. The third-order valence-corrected chi connectivity index (χ3v) is 7.32. The van der Waals surface area contributed by atoms with Gasteiger partial charge in [-0.05, 0) is 57.0 Å². The molecule has 0 radical (unpaired) electrons. The van der Waals surface area contributed by atoms with Gasteiger partial charge in [0.05, 0.1) is 33.6 Å². The van der Waals surface area contributed by atoms with Crippen LogP contribution in [0.1, 0.15) is 24.2 Å². The number of aryl methyl sites for hydroxylation is 3. The van der Waals surface area contributed by atoms with E-state index < -0.39 is 20.7 Å². The van der Waals surface area contributed by atoms with Crippen LogP contribution in [0.5, 0.6) is 5.75 Å².